The van der Waals surface area contributed by atoms with Crippen molar-refractivity contribution in [2.24, 2.45) is 0 Å². The summed E-state index contributed by atoms with van der Waals surface area (Å²) in [6.45, 7) is 6.43. The van der Waals surface area contributed by atoms with E-state index in [0.29, 0.717) is 24.9 Å². The molecule has 9 heteroatoms. The van der Waals surface area contributed by atoms with Crippen LogP contribution in [-0.2, 0) is 17.9 Å². The highest BCUT2D eigenvalue weighted by atomic mass is 16.5. The lowest BCUT2D eigenvalue weighted by molar-refractivity contribution is 0.174. The van der Waals surface area contributed by atoms with Gasteiger partial charge in [0.15, 0.2) is 5.82 Å². The maximum atomic E-state index is 5.38. The monoisotopic (exact) mass is 384 g/mol. The third-order valence-corrected chi connectivity index (χ3v) is 4.81. The highest BCUT2D eigenvalue weighted by Gasteiger charge is 2.22. The first-order chi connectivity index (χ1) is 13.7. The Labute approximate surface area is 163 Å². The molecule has 9 nitrogen and oxygen atoms in total. The van der Waals surface area contributed by atoms with Crippen LogP contribution in [0.1, 0.15) is 17.5 Å². The van der Waals surface area contributed by atoms with Crippen molar-refractivity contribution in [2.75, 3.05) is 45.3 Å². The molecule has 0 saturated carbocycles. The molecule has 0 bridgehead atoms. The van der Waals surface area contributed by atoms with Crippen LogP contribution in [0.15, 0.2) is 22.7 Å². The molecule has 1 aliphatic rings. The number of fused-ring (bicyclic) bond motifs is 1. The average molecular weight is 384 g/mol. The number of aryl methyl sites for hydroxylation is 1. The Kier molecular flexibility index (Phi) is 5.36. The van der Waals surface area contributed by atoms with Crippen molar-refractivity contribution in [3.8, 4) is 5.75 Å². The fourth-order valence-electron chi connectivity index (χ4n) is 3.42. The average Bonchev–Trinajstić information content (AvgIpc) is 3.15. The first-order valence-corrected chi connectivity index (χ1v) is 9.26. The van der Waals surface area contributed by atoms with Crippen molar-refractivity contribution in [3.05, 3.63) is 35.7 Å². The van der Waals surface area contributed by atoms with Crippen LogP contribution in [0.5, 0.6) is 5.75 Å². The van der Waals surface area contributed by atoms with E-state index in [1.165, 1.54) is 0 Å². The second-order valence-electron chi connectivity index (χ2n) is 6.78. The molecule has 1 saturated heterocycles. The maximum absolute atomic E-state index is 5.38. The standard InChI is InChI=1S/C19H24N6O3/c1-13-20-16-5-4-14(27-3)10-15(16)19(21-13)25-8-6-24(7-9-25)11-18-22-17(12-26-2)23-28-18/h4-5,10H,6-9,11-12H2,1-3H3. The van der Waals surface area contributed by atoms with Crippen LogP contribution in [-0.4, -0.2) is 65.4 Å². The van der Waals surface area contributed by atoms with Gasteiger partial charge in [-0.25, -0.2) is 9.97 Å². The fraction of sp³-hybridized carbons (Fsp3) is 0.474. The minimum atomic E-state index is 0.362. The number of anilines is 1. The van der Waals surface area contributed by atoms with Gasteiger partial charge in [-0.15, -0.1) is 0 Å². The fourth-order valence-corrected chi connectivity index (χ4v) is 3.42. The molecule has 0 spiro atoms. The van der Waals surface area contributed by atoms with E-state index < -0.39 is 0 Å². The number of hydrogen-bond acceptors (Lipinski definition) is 9. The molecule has 1 aliphatic heterocycles. The van der Waals surface area contributed by atoms with Gasteiger partial charge in [0.05, 0.1) is 19.2 Å². The van der Waals surface area contributed by atoms with E-state index >= 15 is 0 Å². The van der Waals surface area contributed by atoms with Gasteiger partial charge in [0.25, 0.3) is 0 Å². The van der Waals surface area contributed by atoms with Gasteiger partial charge in [0.2, 0.25) is 5.89 Å². The molecule has 3 aromatic rings. The first kappa shape index (κ1) is 18.6. The van der Waals surface area contributed by atoms with Gasteiger partial charge >= 0.3 is 0 Å². The molecular weight excluding hydrogens is 360 g/mol. The summed E-state index contributed by atoms with van der Waals surface area (Å²) in [6.07, 6.45) is 0. The lowest BCUT2D eigenvalue weighted by atomic mass is 10.2. The van der Waals surface area contributed by atoms with Gasteiger partial charge in [-0.1, -0.05) is 5.16 Å². The number of hydrogen-bond donors (Lipinski definition) is 0. The van der Waals surface area contributed by atoms with Crippen molar-refractivity contribution >= 4 is 16.7 Å². The Morgan fingerprint density at radius 1 is 1.07 bits per heavy atom. The minimum absolute atomic E-state index is 0.362. The van der Waals surface area contributed by atoms with Crippen molar-refractivity contribution < 1.29 is 14.0 Å². The molecule has 1 fully saturated rings. The third kappa shape index (κ3) is 3.90. The molecule has 28 heavy (non-hydrogen) atoms. The van der Waals surface area contributed by atoms with Crippen molar-refractivity contribution in [3.63, 3.8) is 0 Å². The minimum Gasteiger partial charge on any atom is -0.497 e. The SMILES string of the molecule is COCc1noc(CN2CCN(c3nc(C)nc4ccc(OC)cc34)CC2)n1. The van der Waals surface area contributed by atoms with Crippen LogP contribution in [0, 0.1) is 6.92 Å². The molecule has 148 valence electrons. The lowest BCUT2D eigenvalue weighted by Crippen LogP contribution is -2.46. The number of ether oxygens (including phenoxy) is 2. The van der Waals surface area contributed by atoms with Crippen LogP contribution >= 0.6 is 0 Å². The highest BCUT2D eigenvalue weighted by Crippen LogP contribution is 2.28. The molecule has 3 heterocycles. The van der Waals surface area contributed by atoms with Crippen LogP contribution in [0.25, 0.3) is 10.9 Å². The normalized spacial score (nSPS) is 15.3. The summed E-state index contributed by atoms with van der Waals surface area (Å²) in [4.78, 5) is 18.2. The predicted octanol–water partition coefficient (Wildman–Crippen LogP) is 1.80. The lowest BCUT2D eigenvalue weighted by Gasteiger charge is -2.35. The smallest absolute Gasteiger partial charge is 0.240 e. The van der Waals surface area contributed by atoms with Crippen LogP contribution < -0.4 is 9.64 Å². The maximum Gasteiger partial charge on any atom is 0.240 e. The molecule has 0 radical (unpaired) electrons. The van der Waals surface area contributed by atoms with E-state index in [9.17, 15) is 0 Å². The number of aromatic nitrogens is 4. The topological polar surface area (TPSA) is 89.6 Å². The van der Waals surface area contributed by atoms with E-state index in [1.54, 1.807) is 14.2 Å². The molecule has 0 atom stereocenters. The molecule has 4 rings (SSSR count). The number of methoxy groups -OCH3 is 2. The van der Waals surface area contributed by atoms with E-state index in [2.05, 4.69) is 24.9 Å². The first-order valence-electron chi connectivity index (χ1n) is 9.26. The van der Waals surface area contributed by atoms with E-state index in [4.69, 9.17) is 19.0 Å². The Bertz CT molecular complexity index is 952. The van der Waals surface area contributed by atoms with E-state index in [1.807, 2.05) is 25.1 Å². The largest absolute Gasteiger partial charge is 0.497 e. The zero-order chi connectivity index (χ0) is 19.5. The second-order valence-corrected chi connectivity index (χ2v) is 6.78. The highest BCUT2D eigenvalue weighted by molar-refractivity contribution is 5.90. The number of nitrogens with zero attached hydrogens (tertiary/aromatic N) is 6. The Balaban J connectivity index is 1.47. The second kappa shape index (κ2) is 8.07. The quantitative estimate of drug-likeness (QED) is 0.631. The van der Waals surface area contributed by atoms with Gasteiger partial charge in [0.1, 0.15) is 24.0 Å². The van der Waals surface area contributed by atoms with Crippen LogP contribution in [0.4, 0.5) is 5.82 Å². The zero-order valence-electron chi connectivity index (χ0n) is 16.4. The van der Waals surface area contributed by atoms with Crippen molar-refractivity contribution in [2.45, 2.75) is 20.1 Å². The molecule has 0 N–H and O–H groups in total. The summed E-state index contributed by atoms with van der Waals surface area (Å²) in [5.74, 6) is 3.73. The summed E-state index contributed by atoms with van der Waals surface area (Å²) in [6, 6.07) is 5.92. The molecule has 1 aromatic carbocycles. The molecular formula is C19H24N6O3. The van der Waals surface area contributed by atoms with Gasteiger partial charge in [-0.05, 0) is 25.1 Å². The van der Waals surface area contributed by atoms with Crippen molar-refractivity contribution in [1.82, 2.24) is 25.0 Å². The number of piperazine rings is 1. The molecule has 0 amide bonds. The van der Waals surface area contributed by atoms with Gasteiger partial charge < -0.3 is 18.9 Å². The summed E-state index contributed by atoms with van der Waals surface area (Å²) < 4.78 is 15.7. The van der Waals surface area contributed by atoms with E-state index in [-0.39, 0.29) is 0 Å². The molecule has 2 aromatic heterocycles. The Morgan fingerprint density at radius 3 is 2.64 bits per heavy atom. The van der Waals surface area contributed by atoms with Crippen LogP contribution in [0.3, 0.4) is 0 Å². The van der Waals surface area contributed by atoms with Gasteiger partial charge in [0, 0.05) is 38.7 Å². The van der Waals surface area contributed by atoms with E-state index in [0.717, 1.165) is 54.5 Å². The molecule has 0 unspecified atom stereocenters. The van der Waals surface area contributed by atoms with Crippen LogP contribution in [0.2, 0.25) is 0 Å². The summed E-state index contributed by atoms with van der Waals surface area (Å²) >= 11 is 0. The number of rotatable bonds is 6. The number of benzene rings is 1. The third-order valence-electron chi connectivity index (χ3n) is 4.81. The molecule has 0 aliphatic carbocycles. The zero-order valence-corrected chi connectivity index (χ0v) is 16.4. The predicted molar refractivity (Wildman–Crippen MR) is 103 cm³/mol. The Hall–Kier alpha value is -2.78. The van der Waals surface area contributed by atoms with Gasteiger partial charge in [-0.3, -0.25) is 4.90 Å². The summed E-state index contributed by atoms with van der Waals surface area (Å²) in [5.41, 5.74) is 0.933. The summed E-state index contributed by atoms with van der Waals surface area (Å²) in [5, 5.41) is 4.93. The summed E-state index contributed by atoms with van der Waals surface area (Å²) in [7, 11) is 3.29. The van der Waals surface area contributed by atoms with Crippen molar-refractivity contribution in [1.29, 1.82) is 0 Å². The Morgan fingerprint density at radius 2 is 1.89 bits per heavy atom. The van der Waals surface area contributed by atoms with Gasteiger partial charge in [-0.2, -0.15) is 4.98 Å².